The number of guanidine groups is 1. The van der Waals surface area contributed by atoms with Gasteiger partial charge in [-0.25, -0.2) is 15.0 Å². The van der Waals surface area contributed by atoms with Crippen LogP contribution in [-0.4, -0.2) is 85.1 Å². The van der Waals surface area contributed by atoms with Crippen molar-refractivity contribution in [1.82, 2.24) is 25.1 Å². The lowest BCUT2D eigenvalue weighted by Crippen LogP contribution is -2.49. The molecule has 1 aromatic carbocycles. The molecule has 1 saturated heterocycles. The number of aryl methyl sites for hydroxylation is 1. The number of morpholine rings is 1. The predicted octanol–water partition coefficient (Wildman–Crippen LogP) is 1.26. The molecule has 29 heavy (non-hydrogen) atoms. The number of aromatic nitrogens is 2. The molecule has 1 fully saturated rings. The minimum atomic E-state index is 0.523. The van der Waals surface area contributed by atoms with Gasteiger partial charge in [0, 0.05) is 31.6 Å². The highest BCUT2D eigenvalue weighted by molar-refractivity contribution is 5.94. The number of anilines is 1. The zero-order valence-corrected chi connectivity index (χ0v) is 17.1. The second-order valence-electron chi connectivity index (χ2n) is 7.17. The number of nitrogens with zero attached hydrogens (tertiary/aromatic N) is 5. The third-order valence-corrected chi connectivity index (χ3v) is 5.15. The Bertz CT molecular complexity index is 867. The van der Waals surface area contributed by atoms with Gasteiger partial charge in [-0.1, -0.05) is 12.1 Å². The van der Waals surface area contributed by atoms with Crippen LogP contribution in [0.5, 0.6) is 5.75 Å². The van der Waals surface area contributed by atoms with Crippen molar-refractivity contribution in [3.05, 3.63) is 23.9 Å². The molecule has 0 atom stereocenters. The Morgan fingerprint density at radius 1 is 1.17 bits per heavy atom. The van der Waals surface area contributed by atoms with Crippen LogP contribution in [0.25, 0.3) is 10.9 Å². The lowest BCUT2D eigenvalue weighted by molar-refractivity contribution is 0.0331. The van der Waals surface area contributed by atoms with E-state index in [1.165, 1.54) is 0 Å². The van der Waals surface area contributed by atoms with Gasteiger partial charge >= 0.3 is 0 Å². The van der Waals surface area contributed by atoms with Gasteiger partial charge in [-0.3, -0.25) is 15.1 Å². The molecule has 0 bridgehead atoms. The van der Waals surface area contributed by atoms with Gasteiger partial charge in [-0.2, -0.15) is 0 Å². The maximum Gasteiger partial charge on any atom is 0.230 e. The molecule has 156 valence electrons. The predicted molar refractivity (Wildman–Crippen MR) is 113 cm³/mol. The Labute approximate surface area is 171 Å². The van der Waals surface area contributed by atoms with E-state index in [2.05, 4.69) is 35.4 Å². The summed E-state index contributed by atoms with van der Waals surface area (Å²) in [7, 11) is 0. The van der Waals surface area contributed by atoms with Crippen LogP contribution in [0.3, 0.4) is 0 Å². The van der Waals surface area contributed by atoms with Crippen LogP contribution in [0.2, 0.25) is 0 Å². The van der Waals surface area contributed by atoms with E-state index in [0.717, 1.165) is 68.4 Å². The van der Waals surface area contributed by atoms with Crippen molar-refractivity contribution in [2.45, 2.75) is 13.8 Å². The summed E-state index contributed by atoms with van der Waals surface area (Å²) in [6, 6.07) is 5.92. The smallest absolute Gasteiger partial charge is 0.230 e. The highest BCUT2D eigenvalue weighted by atomic mass is 16.5. The molecule has 0 aliphatic carbocycles. The van der Waals surface area contributed by atoms with Crippen molar-refractivity contribution < 1.29 is 9.47 Å². The van der Waals surface area contributed by atoms with E-state index < -0.39 is 0 Å². The zero-order chi connectivity index (χ0) is 20.1. The van der Waals surface area contributed by atoms with Gasteiger partial charge in [0.2, 0.25) is 11.9 Å². The summed E-state index contributed by atoms with van der Waals surface area (Å²) in [6.07, 6.45) is 0. The molecule has 2 aliphatic heterocycles. The summed E-state index contributed by atoms with van der Waals surface area (Å²) in [6.45, 7) is 11.7. The number of para-hydroxylation sites is 1. The molecule has 0 amide bonds. The highest BCUT2D eigenvalue weighted by Crippen LogP contribution is 2.26. The van der Waals surface area contributed by atoms with Gasteiger partial charge in [0.1, 0.15) is 11.3 Å². The SMILES string of the molecule is CCOc1cccc2c(C)nc(NC3=NCN(CCN4CCOCC4)CN3)nc12. The Morgan fingerprint density at radius 3 is 2.76 bits per heavy atom. The quantitative estimate of drug-likeness (QED) is 0.751. The molecule has 2 N–H and O–H groups in total. The molecule has 4 rings (SSSR count). The maximum atomic E-state index is 5.73. The first-order valence-corrected chi connectivity index (χ1v) is 10.2. The number of rotatable bonds is 6. The molecule has 9 nitrogen and oxygen atoms in total. The molecule has 3 heterocycles. The number of aliphatic imine (C=N–C) groups is 1. The second kappa shape index (κ2) is 9.34. The molecule has 0 saturated carbocycles. The first-order valence-electron chi connectivity index (χ1n) is 10.2. The van der Waals surface area contributed by atoms with Crippen LogP contribution in [0, 0.1) is 6.92 Å². The average Bonchev–Trinajstić information content (AvgIpc) is 2.75. The Balaban J connectivity index is 1.38. The third-order valence-electron chi connectivity index (χ3n) is 5.15. The van der Waals surface area contributed by atoms with Crippen molar-refractivity contribution in [3.8, 4) is 5.75 Å². The normalized spacial score (nSPS) is 18.3. The summed E-state index contributed by atoms with van der Waals surface area (Å²) in [5.74, 6) is 1.99. The number of benzene rings is 1. The Kier molecular flexibility index (Phi) is 6.38. The highest BCUT2D eigenvalue weighted by Gasteiger charge is 2.16. The zero-order valence-electron chi connectivity index (χ0n) is 17.1. The Hall–Kier alpha value is -2.49. The average molecular weight is 399 g/mol. The second-order valence-corrected chi connectivity index (χ2v) is 7.17. The monoisotopic (exact) mass is 399 g/mol. The Morgan fingerprint density at radius 2 is 2.00 bits per heavy atom. The van der Waals surface area contributed by atoms with Crippen molar-refractivity contribution in [2.75, 3.05) is 64.7 Å². The fraction of sp³-hybridized carbons (Fsp3) is 0.550. The van der Waals surface area contributed by atoms with Gasteiger partial charge in [0.15, 0.2) is 0 Å². The number of nitrogens with one attached hydrogen (secondary N) is 2. The van der Waals surface area contributed by atoms with Crippen LogP contribution in [0.15, 0.2) is 23.2 Å². The largest absolute Gasteiger partial charge is 0.492 e. The maximum absolute atomic E-state index is 5.73. The van der Waals surface area contributed by atoms with E-state index in [1.54, 1.807) is 0 Å². The molecule has 2 aliphatic rings. The van der Waals surface area contributed by atoms with E-state index in [-0.39, 0.29) is 0 Å². The van der Waals surface area contributed by atoms with Crippen molar-refractivity contribution >= 4 is 22.8 Å². The molecule has 9 heteroatoms. The molecule has 0 spiro atoms. The summed E-state index contributed by atoms with van der Waals surface area (Å²) in [5.41, 5.74) is 1.72. The minimum Gasteiger partial charge on any atom is -0.492 e. The van der Waals surface area contributed by atoms with Crippen LogP contribution in [0.1, 0.15) is 12.6 Å². The number of ether oxygens (including phenoxy) is 2. The van der Waals surface area contributed by atoms with Crippen molar-refractivity contribution in [1.29, 1.82) is 0 Å². The van der Waals surface area contributed by atoms with Crippen molar-refractivity contribution in [3.63, 3.8) is 0 Å². The molecule has 0 radical (unpaired) electrons. The molecular formula is C20H29N7O2. The lowest BCUT2D eigenvalue weighted by atomic mass is 10.2. The van der Waals surface area contributed by atoms with E-state index in [9.17, 15) is 0 Å². The van der Waals surface area contributed by atoms with Crippen molar-refractivity contribution in [2.24, 2.45) is 4.99 Å². The van der Waals surface area contributed by atoms with Gasteiger partial charge in [0.05, 0.1) is 38.9 Å². The fourth-order valence-corrected chi connectivity index (χ4v) is 3.52. The lowest BCUT2D eigenvalue weighted by Gasteiger charge is -2.31. The number of fused-ring (bicyclic) bond motifs is 1. The summed E-state index contributed by atoms with van der Waals surface area (Å²) in [4.78, 5) is 18.6. The fourth-order valence-electron chi connectivity index (χ4n) is 3.52. The summed E-state index contributed by atoms with van der Waals surface area (Å²) < 4.78 is 11.1. The molecule has 0 unspecified atom stereocenters. The van der Waals surface area contributed by atoms with Crippen LogP contribution in [0.4, 0.5) is 5.95 Å². The summed E-state index contributed by atoms with van der Waals surface area (Å²) >= 11 is 0. The number of hydrogen-bond donors (Lipinski definition) is 2. The standard InChI is InChI=1S/C20H29N7O2/c1-3-29-17-6-4-5-16-15(2)23-20(24-18(16)17)25-19-21-13-27(14-22-19)8-7-26-9-11-28-12-10-26/h4-6H,3,7-14H2,1-2H3,(H2,21,22,23,24,25). The third kappa shape index (κ3) is 4.92. The molecular weight excluding hydrogens is 370 g/mol. The van der Waals surface area contributed by atoms with E-state index in [0.29, 0.717) is 25.2 Å². The first kappa shape index (κ1) is 19.8. The summed E-state index contributed by atoms with van der Waals surface area (Å²) in [5, 5.41) is 7.53. The van der Waals surface area contributed by atoms with Crippen LogP contribution < -0.4 is 15.4 Å². The minimum absolute atomic E-state index is 0.523. The topological polar surface area (TPSA) is 87.1 Å². The van der Waals surface area contributed by atoms with E-state index in [4.69, 9.17) is 9.47 Å². The van der Waals surface area contributed by atoms with Gasteiger partial charge in [-0.15, -0.1) is 0 Å². The van der Waals surface area contributed by atoms with Crippen LogP contribution >= 0.6 is 0 Å². The van der Waals surface area contributed by atoms with Gasteiger partial charge in [-0.05, 0) is 19.9 Å². The number of hydrogen-bond acceptors (Lipinski definition) is 9. The van der Waals surface area contributed by atoms with E-state index in [1.807, 2.05) is 32.0 Å². The van der Waals surface area contributed by atoms with Gasteiger partial charge in [0.25, 0.3) is 0 Å². The molecule has 2 aromatic rings. The first-order chi connectivity index (χ1) is 14.2. The van der Waals surface area contributed by atoms with Crippen LogP contribution in [-0.2, 0) is 4.74 Å². The van der Waals surface area contributed by atoms with E-state index >= 15 is 0 Å². The van der Waals surface area contributed by atoms with Gasteiger partial charge < -0.3 is 14.8 Å². The molecule has 1 aromatic heterocycles.